The van der Waals surface area contributed by atoms with E-state index in [9.17, 15) is 0 Å². The number of likely N-dealkylation sites (tertiary alicyclic amines) is 1. The van der Waals surface area contributed by atoms with Crippen LogP contribution < -0.4 is 5.73 Å². The summed E-state index contributed by atoms with van der Waals surface area (Å²) in [6.07, 6.45) is 3.15. The van der Waals surface area contributed by atoms with E-state index in [2.05, 4.69) is 22.1 Å². The topological polar surface area (TPSA) is 60.0 Å². The molecule has 1 saturated heterocycles. The summed E-state index contributed by atoms with van der Waals surface area (Å²) in [5, 5.41) is 8.02. The van der Waals surface area contributed by atoms with Crippen LogP contribution in [-0.2, 0) is 13.6 Å². The van der Waals surface area contributed by atoms with Crippen molar-refractivity contribution in [3.8, 4) is 0 Å². The third-order valence-electron chi connectivity index (χ3n) is 3.17. The lowest BCUT2D eigenvalue weighted by Gasteiger charge is -2.21. The predicted molar refractivity (Wildman–Crippen MR) is 65.3 cm³/mol. The van der Waals surface area contributed by atoms with Gasteiger partial charge in [0.05, 0.1) is 5.69 Å². The molecular weight excluding hydrogens is 226 g/mol. The van der Waals surface area contributed by atoms with Gasteiger partial charge >= 0.3 is 0 Å². The van der Waals surface area contributed by atoms with Crippen LogP contribution in [0.5, 0.6) is 0 Å². The lowest BCUT2D eigenvalue weighted by Crippen LogP contribution is -2.31. The van der Waals surface area contributed by atoms with Gasteiger partial charge in [0, 0.05) is 26.3 Å². The summed E-state index contributed by atoms with van der Waals surface area (Å²) >= 11 is 0. The quantitative estimate of drug-likeness (QED) is 0.838. The minimum atomic E-state index is 0. The Kier molecular flexibility index (Phi) is 4.29. The summed E-state index contributed by atoms with van der Waals surface area (Å²) in [5.74, 6) is 0. The van der Waals surface area contributed by atoms with Gasteiger partial charge in [0.2, 0.25) is 0 Å². The first kappa shape index (κ1) is 13.4. The van der Waals surface area contributed by atoms with Crippen LogP contribution in [0.25, 0.3) is 0 Å². The van der Waals surface area contributed by atoms with E-state index in [-0.39, 0.29) is 12.4 Å². The van der Waals surface area contributed by atoms with Crippen LogP contribution in [0.4, 0.5) is 0 Å². The van der Waals surface area contributed by atoms with Crippen LogP contribution in [0.15, 0.2) is 6.20 Å². The molecule has 1 aliphatic rings. The predicted octanol–water partition coefficient (Wildman–Crippen LogP) is 0.408. The molecule has 2 heterocycles. The molecule has 16 heavy (non-hydrogen) atoms. The lowest BCUT2D eigenvalue weighted by molar-refractivity contribution is 0.272. The maximum atomic E-state index is 5.77. The Morgan fingerprint density at radius 2 is 2.31 bits per heavy atom. The normalized spacial score (nSPS) is 25.7. The summed E-state index contributed by atoms with van der Waals surface area (Å²) in [6.45, 7) is 6.10. The van der Waals surface area contributed by atoms with Crippen molar-refractivity contribution in [2.75, 3.05) is 19.6 Å². The maximum Gasteiger partial charge on any atom is 0.0967 e. The first-order valence-electron chi connectivity index (χ1n) is 5.39. The van der Waals surface area contributed by atoms with E-state index in [1.165, 1.54) is 6.42 Å². The second kappa shape index (κ2) is 5.12. The molecular formula is C10H20ClN5. The zero-order valence-corrected chi connectivity index (χ0v) is 10.7. The number of nitrogens with zero attached hydrogens (tertiary/aromatic N) is 4. The highest BCUT2D eigenvalue weighted by Crippen LogP contribution is 2.29. The monoisotopic (exact) mass is 245 g/mol. The number of hydrogen-bond acceptors (Lipinski definition) is 4. The van der Waals surface area contributed by atoms with Gasteiger partial charge in [0.1, 0.15) is 0 Å². The Morgan fingerprint density at radius 1 is 1.56 bits per heavy atom. The van der Waals surface area contributed by atoms with E-state index in [4.69, 9.17) is 5.73 Å². The molecule has 0 spiro atoms. The van der Waals surface area contributed by atoms with Crippen LogP contribution in [0.2, 0.25) is 0 Å². The second-order valence-electron chi connectivity index (χ2n) is 4.86. The fraction of sp³-hybridized carbons (Fsp3) is 0.800. The molecule has 2 rings (SSSR count). The van der Waals surface area contributed by atoms with Crippen molar-refractivity contribution in [1.29, 1.82) is 0 Å². The Balaban J connectivity index is 0.00000128. The lowest BCUT2D eigenvalue weighted by atomic mass is 9.90. The van der Waals surface area contributed by atoms with Gasteiger partial charge in [0.25, 0.3) is 0 Å². The molecule has 0 saturated carbocycles. The van der Waals surface area contributed by atoms with E-state index >= 15 is 0 Å². The van der Waals surface area contributed by atoms with E-state index in [0.29, 0.717) is 5.41 Å². The third kappa shape index (κ3) is 2.93. The molecule has 0 amide bonds. The van der Waals surface area contributed by atoms with Gasteiger partial charge in [-0.25, -0.2) is 0 Å². The summed E-state index contributed by atoms with van der Waals surface area (Å²) in [4.78, 5) is 2.40. The molecule has 0 bridgehead atoms. The van der Waals surface area contributed by atoms with Gasteiger partial charge in [-0.05, 0) is 24.9 Å². The summed E-state index contributed by atoms with van der Waals surface area (Å²) in [6, 6.07) is 0. The highest BCUT2D eigenvalue weighted by Gasteiger charge is 2.32. The maximum absolute atomic E-state index is 5.77. The standard InChI is InChI=1S/C10H19N5.ClH/c1-10(7-11)3-4-15(8-10)6-9-5-14(2)13-12-9;/h5H,3-4,6-8,11H2,1-2H3;1H. The van der Waals surface area contributed by atoms with E-state index in [1.807, 2.05) is 13.2 Å². The van der Waals surface area contributed by atoms with E-state index < -0.39 is 0 Å². The van der Waals surface area contributed by atoms with Crippen molar-refractivity contribution in [3.63, 3.8) is 0 Å². The van der Waals surface area contributed by atoms with Crippen LogP contribution in [0, 0.1) is 5.41 Å². The smallest absolute Gasteiger partial charge is 0.0967 e. The summed E-state index contributed by atoms with van der Waals surface area (Å²) in [5.41, 5.74) is 7.10. The zero-order valence-electron chi connectivity index (χ0n) is 9.89. The van der Waals surface area contributed by atoms with Gasteiger partial charge in [-0.15, -0.1) is 17.5 Å². The molecule has 2 N–H and O–H groups in total. The molecule has 0 radical (unpaired) electrons. The van der Waals surface area contributed by atoms with Crippen molar-refractivity contribution >= 4 is 12.4 Å². The van der Waals surface area contributed by atoms with E-state index in [1.54, 1.807) is 4.68 Å². The van der Waals surface area contributed by atoms with Crippen molar-refractivity contribution < 1.29 is 0 Å². The van der Waals surface area contributed by atoms with Gasteiger partial charge in [-0.2, -0.15) is 0 Å². The number of hydrogen-bond donors (Lipinski definition) is 1. The van der Waals surface area contributed by atoms with Crippen LogP contribution in [0.3, 0.4) is 0 Å². The average Bonchev–Trinajstić information content (AvgIpc) is 2.76. The first-order chi connectivity index (χ1) is 7.11. The molecule has 0 aromatic carbocycles. The molecule has 1 unspecified atom stereocenters. The first-order valence-corrected chi connectivity index (χ1v) is 5.39. The van der Waals surface area contributed by atoms with Crippen molar-refractivity contribution in [2.24, 2.45) is 18.2 Å². The number of aromatic nitrogens is 3. The molecule has 6 heteroatoms. The van der Waals surface area contributed by atoms with Crippen molar-refractivity contribution in [1.82, 2.24) is 19.9 Å². The average molecular weight is 246 g/mol. The highest BCUT2D eigenvalue weighted by molar-refractivity contribution is 5.85. The molecule has 1 atom stereocenters. The molecule has 92 valence electrons. The molecule has 0 aliphatic carbocycles. The second-order valence-corrected chi connectivity index (χ2v) is 4.86. The Bertz CT molecular complexity index is 340. The molecule has 1 aliphatic heterocycles. The number of nitrogens with two attached hydrogens (primary N) is 1. The summed E-state index contributed by atoms with van der Waals surface area (Å²) in [7, 11) is 1.89. The molecule has 1 aromatic heterocycles. The van der Waals surface area contributed by atoms with Crippen LogP contribution in [0.1, 0.15) is 19.0 Å². The Morgan fingerprint density at radius 3 is 2.81 bits per heavy atom. The van der Waals surface area contributed by atoms with Gasteiger partial charge in [-0.3, -0.25) is 9.58 Å². The third-order valence-corrected chi connectivity index (χ3v) is 3.17. The minimum absolute atomic E-state index is 0. The fourth-order valence-electron chi connectivity index (χ4n) is 2.12. The number of halogens is 1. The fourth-order valence-corrected chi connectivity index (χ4v) is 2.12. The van der Waals surface area contributed by atoms with Gasteiger partial charge in [0.15, 0.2) is 0 Å². The van der Waals surface area contributed by atoms with Crippen molar-refractivity contribution in [3.05, 3.63) is 11.9 Å². The summed E-state index contributed by atoms with van der Waals surface area (Å²) < 4.78 is 1.74. The number of aryl methyl sites for hydroxylation is 1. The van der Waals surface area contributed by atoms with Crippen LogP contribution in [-0.4, -0.2) is 39.5 Å². The SMILES string of the molecule is Cl.Cn1cc(CN2CCC(C)(CN)C2)nn1. The van der Waals surface area contributed by atoms with Gasteiger partial charge < -0.3 is 5.73 Å². The van der Waals surface area contributed by atoms with E-state index in [0.717, 1.165) is 31.9 Å². The van der Waals surface area contributed by atoms with Crippen LogP contribution >= 0.6 is 12.4 Å². The molecule has 1 fully saturated rings. The largest absolute Gasteiger partial charge is 0.330 e. The number of rotatable bonds is 3. The Labute approximate surface area is 102 Å². The molecule has 1 aromatic rings. The van der Waals surface area contributed by atoms with Gasteiger partial charge in [-0.1, -0.05) is 12.1 Å². The van der Waals surface area contributed by atoms with Crippen molar-refractivity contribution in [2.45, 2.75) is 19.9 Å². The minimum Gasteiger partial charge on any atom is -0.330 e. The molecule has 5 nitrogen and oxygen atoms in total. The highest BCUT2D eigenvalue weighted by atomic mass is 35.5. The Hall–Kier alpha value is -0.650. The zero-order chi connectivity index (χ0) is 10.9.